The fraction of sp³-hybridized carbons (Fsp3) is 0.600. The van der Waals surface area contributed by atoms with Gasteiger partial charge in [-0.1, -0.05) is 19.4 Å². The van der Waals surface area contributed by atoms with Gasteiger partial charge >= 0.3 is 12.1 Å². The molecule has 0 amide bonds. The van der Waals surface area contributed by atoms with Gasteiger partial charge in [0.1, 0.15) is 5.69 Å². The van der Waals surface area contributed by atoms with E-state index in [-0.39, 0.29) is 5.92 Å². The molecule has 1 aliphatic heterocycles. The molecule has 2 rings (SSSR count). The van der Waals surface area contributed by atoms with Crippen LogP contribution in [-0.4, -0.2) is 34.0 Å². The number of hydrogen-bond donors (Lipinski definition) is 1. The van der Waals surface area contributed by atoms with Crippen molar-refractivity contribution >= 4 is 5.97 Å². The lowest BCUT2D eigenvalue weighted by atomic mass is 9.92. The number of carboxylic acids is 1. The summed E-state index contributed by atoms with van der Waals surface area (Å²) in [6.45, 7) is 3.53. The summed E-state index contributed by atoms with van der Waals surface area (Å²) in [5.41, 5.74) is -0.251. The van der Waals surface area contributed by atoms with Crippen LogP contribution in [0.2, 0.25) is 0 Å². The van der Waals surface area contributed by atoms with E-state index in [4.69, 9.17) is 0 Å². The van der Waals surface area contributed by atoms with Gasteiger partial charge in [-0.3, -0.25) is 14.7 Å². The summed E-state index contributed by atoms with van der Waals surface area (Å²) in [7, 11) is 0. The predicted molar refractivity (Wildman–Crippen MR) is 74.0 cm³/mol. The van der Waals surface area contributed by atoms with Crippen LogP contribution in [0.15, 0.2) is 18.3 Å². The number of likely N-dealkylation sites (tertiary alicyclic amines) is 1. The number of aliphatic carboxylic acids is 1. The van der Waals surface area contributed by atoms with Crippen LogP contribution in [0.1, 0.15) is 31.0 Å². The van der Waals surface area contributed by atoms with Gasteiger partial charge in [0, 0.05) is 25.8 Å². The normalized spacial score (nSPS) is 22.9. The molecule has 4 nitrogen and oxygen atoms in total. The first-order chi connectivity index (χ1) is 10.3. The SMILES string of the molecule is CCC[C@@H]1CN(Cc2ccc(C(F)(F)F)nc2)C[C@H]1C(=O)O. The zero-order chi connectivity index (χ0) is 16.3. The van der Waals surface area contributed by atoms with E-state index < -0.39 is 23.8 Å². The first kappa shape index (κ1) is 16.7. The fourth-order valence-electron chi connectivity index (χ4n) is 2.98. The molecule has 22 heavy (non-hydrogen) atoms. The first-order valence-electron chi connectivity index (χ1n) is 7.28. The number of pyridine rings is 1. The number of rotatable bonds is 5. The predicted octanol–water partition coefficient (Wildman–Crippen LogP) is 3.03. The Bertz CT molecular complexity index is 517. The smallest absolute Gasteiger partial charge is 0.433 e. The van der Waals surface area contributed by atoms with Crippen molar-refractivity contribution < 1.29 is 23.1 Å². The molecule has 0 saturated carbocycles. The summed E-state index contributed by atoms with van der Waals surface area (Å²) < 4.78 is 37.4. The van der Waals surface area contributed by atoms with Crippen molar-refractivity contribution in [3.05, 3.63) is 29.6 Å². The first-order valence-corrected chi connectivity index (χ1v) is 7.28. The Morgan fingerprint density at radius 2 is 2.14 bits per heavy atom. The lowest BCUT2D eigenvalue weighted by Gasteiger charge is -2.16. The van der Waals surface area contributed by atoms with E-state index in [0.29, 0.717) is 25.2 Å². The van der Waals surface area contributed by atoms with Gasteiger partial charge in [0.15, 0.2) is 0 Å². The zero-order valence-electron chi connectivity index (χ0n) is 12.3. The Balaban J connectivity index is 2.01. The van der Waals surface area contributed by atoms with Gasteiger partial charge in [-0.15, -0.1) is 0 Å². The highest BCUT2D eigenvalue weighted by Crippen LogP contribution is 2.30. The van der Waals surface area contributed by atoms with Gasteiger partial charge in [-0.05, 0) is 24.0 Å². The third-order valence-corrected chi connectivity index (χ3v) is 4.01. The number of aromatic nitrogens is 1. The van der Waals surface area contributed by atoms with Gasteiger partial charge in [0.25, 0.3) is 0 Å². The molecule has 0 unspecified atom stereocenters. The van der Waals surface area contributed by atoms with Crippen LogP contribution in [0.4, 0.5) is 13.2 Å². The van der Waals surface area contributed by atoms with Crippen molar-refractivity contribution in [1.29, 1.82) is 0 Å². The topological polar surface area (TPSA) is 53.4 Å². The Kier molecular flexibility index (Phi) is 5.05. The largest absolute Gasteiger partial charge is 0.481 e. The molecule has 0 bridgehead atoms. The van der Waals surface area contributed by atoms with E-state index in [1.54, 1.807) is 0 Å². The number of halogens is 3. The number of carbonyl (C=O) groups is 1. The summed E-state index contributed by atoms with van der Waals surface area (Å²) >= 11 is 0. The van der Waals surface area contributed by atoms with Crippen molar-refractivity contribution in [3.63, 3.8) is 0 Å². The van der Waals surface area contributed by atoms with Crippen LogP contribution < -0.4 is 0 Å². The molecular weight excluding hydrogens is 297 g/mol. The summed E-state index contributed by atoms with van der Waals surface area (Å²) in [6, 6.07) is 2.36. The van der Waals surface area contributed by atoms with Crippen LogP contribution in [0.25, 0.3) is 0 Å². The minimum absolute atomic E-state index is 0.102. The fourth-order valence-corrected chi connectivity index (χ4v) is 2.98. The number of carboxylic acid groups (broad SMARTS) is 1. The van der Waals surface area contributed by atoms with Gasteiger partial charge in [-0.2, -0.15) is 13.2 Å². The van der Waals surface area contributed by atoms with Crippen molar-refractivity contribution in [3.8, 4) is 0 Å². The van der Waals surface area contributed by atoms with Crippen molar-refractivity contribution in [2.24, 2.45) is 11.8 Å². The second-order valence-corrected chi connectivity index (χ2v) is 5.74. The van der Waals surface area contributed by atoms with Crippen LogP contribution in [0, 0.1) is 11.8 Å². The van der Waals surface area contributed by atoms with Gasteiger partial charge in [0.2, 0.25) is 0 Å². The summed E-state index contributed by atoms with van der Waals surface area (Å²) in [4.78, 5) is 16.7. The molecule has 0 spiro atoms. The molecule has 2 atom stereocenters. The van der Waals surface area contributed by atoms with Crippen molar-refractivity contribution in [2.45, 2.75) is 32.5 Å². The Morgan fingerprint density at radius 3 is 2.64 bits per heavy atom. The van der Waals surface area contributed by atoms with E-state index >= 15 is 0 Å². The molecular formula is C15H19F3N2O2. The molecule has 1 aromatic heterocycles. The van der Waals surface area contributed by atoms with Crippen molar-refractivity contribution in [1.82, 2.24) is 9.88 Å². The molecule has 1 aliphatic rings. The maximum Gasteiger partial charge on any atom is 0.433 e. The molecule has 7 heteroatoms. The highest BCUT2D eigenvalue weighted by Gasteiger charge is 2.37. The van der Waals surface area contributed by atoms with E-state index in [1.807, 2.05) is 11.8 Å². The van der Waals surface area contributed by atoms with Gasteiger partial charge in [0.05, 0.1) is 5.92 Å². The Labute approximate surface area is 127 Å². The molecule has 0 radical (unpaired) electrons. The third-order valence-electron chi connectivity index (χ3n) is 4.01. The van der Waals surface area contributed by atoms with Gasteiger partial charge in [-0.25, -0.2) is 0 Å². The highest BCUT2D eigenvalue weighted by molar-refractivity contribution is 5.71. The minimum Gasteiger partial charge on any atom is -0.481 e. The quantitative estimate of drug-likeness (QED) is 0.907. The number of alkyl halides is 3. The Morgan fingerprint density at radius 1 is 1.41 bits per heavy atom. The summed E-state index contributed by atoms with van der Waals surface area (Å²) in [5.74, 6) is -1.10. The number of nitrogens with zero attached hydrogens (tertiary/aromatic N) is 2. The van der Waals surface area contributed by atoms with E-state index in [2.05, 4.69) is 4.98 Å². The standard InChI is InChI=1S/C15H19F3N2O2/c1-2-3-11-8-20(9-12(11)14(21)22)7-10-4-5-13(19-6-10)15(16,17)18/h4-6,11-12H,2-3,7-9H2,1H3,(H,21,22)/t11-,12-/m1/s1. The van der Waals surface area contributed by atoms with Gasteiger partial charge < -0.3 is 5.11 Å². The maximum absolute atomic E-state index is 12.5. The molecule has 1 N–H and O–H groups in total. The molecule has 0 aromatic carbocycles. The Hall–Kier alpha value is -1.63. The lowest BCUT2D eigenvalue weighted by molar-refractivity contribution is -0.143. The van der Waals surface area contributed by atoms with Crippen LogP contribution in [0.3, 0.4) is 0 Å². The average molecular weight is 316 g/mol. The summed E-state index contributed by atoms with van der Waals surface area (Å²) in [5, 5.41) is 9.26. The van der Waals surface area contributed by atoms with Crippen molar-refractivity contribution in [2.75, 3.05) is 13.1 Å². The molecule has 2 heterocycles. The second kappa shape index (κ2) is 6.64. The van der Waals surface area contributed by atoms with Crippen LogP contribution in [-0.2, 0) is 17.5 Å². The summed E-state index contributed by atoms with van der Waals surface area (Å²) in [6.07, 6.45) is -1.46. The lowest BCUT2D eigenvalue weighted by Crippen LogP contribution is -2.23. The molecule has 1 fully saturated rings. The van der Waals surface area contributed by atoms with E-state index in [9.17, 15) is 23.1 Å². The average Bonchev–Trinajstić information content (AvgIpc) is 2.82. The van der Waals surface area contributed by atoms with Crippen LogP contribution >= 0.6 is 0 Å². The third kappa shape index (κ3) is 3.97. The minimum atomic E-state index is -4.44. The molecule has 0 aliphatic carbocycles. The second-order valence-electron chi connectivity index (χ2n) is 5.74. The monoisotopic (exact) mass is 316 g/mol. The maximum atomic E-state index is 12.5. The number of hydrogen-bond acceptors (Lipinski definition) is 3. The van der Waals surface area contributed by atoms with Crippen LogP contribution in [0.5, 0.6) is 0 Å². The molecule has 1 saturated heterocycles. The zero-order valence-corrected chi connectivity index (χ0v) is 12.3. The van der Waals surface area contributed by atoms with E-state index in [1.165, 1.54) is 12.3 Å². The highest BCUT2D eigenvalue weighted by atomic mass is 19.4. The molecule has 122 valence electrons. The molecule has 1 aromatic rings. The van der Waals surface area contributed by atoms with E-state index in [0.717, 1.165) is 18.9 Å².